The molecule has 110 valence electrons. The van der Waals surface area contributed by atoms with E-state index in [0.717, 1.165) is 17.8 Å². The number of hydrogen-bond donors (Lipinski definition) is 2. The molecule has 1 heterocycles. The molecule has 0 radical (unpaired) electrons. The van der Waals surface area contributed by atoms with Crippen molar-refractivity contribution in [1.82, 2.24) is 5.32 Å². The predicted molar refractivity (Wildman–Crippen MR) is 84.0 cm³/mol. The molecule has 20 heavy (non-hydrogen) atoms. The molecule has 1 aromatic heterocycles. The van der Waals surface area contributed by atoms with E-state index in [1.807, 2.05) is 0 Å². The highest BCUT2D eigenvalue weighted by Gasteiger charge is 2.06. The van der Waals surface area contributed by atoms with E-state index in [0.29, 0.717) is 5.56 Å². The molecule has 3 nitrogen and oxygen atoms in total. The number of unbranched alkanes of at least 4 members (excludes halogenated alkanes) is 5. The molecule has 0 aliphatic heterocycles. The number of rotatable bonds is 8. The van der Waals surface area contributed by atoms with Crippen LogP contribution >= 0.6 is 11.3 Å². The van der Waals surface area contributed by atoms with Crippen LogP contribution in [0.25, 0.3) is 0 Å². The Morgan fingerprint density at radius 3 is 2.80 bits per heavy atom. The topological polar surface area (TPSA) is 49.3 Å². The summed E-state index contributed by atoms with van der Waals surface area (Å²) in [5.41, 5.74) is 0.656. The fourth-order valence-electron chi connectivity index (χ4n) is 1.86. The van der Waals surface area contributed by atoms with Crippen LogP contribution in [0.3, 0.4) is 0 Å². The Bertz CT molecular complexity index is 457. The highest BCUT2D eigenvalue weighted by atomic mass is 32.1. The van der Waals surface area contributed by atoms with E-state index in [9.17, 15) is 4.79 Å². The van der Waals surface area contributed by atoms with E-state index in [4.69, 9.17) is 5.11 Å². The lowest BCUT2D eigenvalue weighted by molar-refractivity contribution is 0.0953. The van der Waals surface area contributed by atoms with Gasteiger partial charge in [0.25, 0.3) is 5.91 Å². The Hall–Kier alpha value is -1.31. The lowest BCUT2D eigenvalue weighted by atomic mass is 10.1. The van der Waals surface area contributed by atoms with Gasteiger partial charge >= 0.3 is 0 Å². The van der Waals surface area contributed by atoms with Gasteiger partial charge in [-0.15, -0.1) is 11.3 Å². The van der Waals surface area contributed by atoms with E-state index in [1.165, 1.54) is 43.4 Å². The summed E-state index contributed by atoms with van der Waals surface area (Å²) in [6.45, 7) is 2.79. The molecule has 1 amide bonds. The van der Waals surface area contributed by atoms with Crippen LogP contribution in [0.2, 0.25) is 0 Å². The minimum atomic E-state index is -0.155. The number of aliphatic hydroxyl groups excluding tert-OH is 1. The molecule has 0 aliphatic rings. The van der Waals surface area contributed by atoms with Gasteiger partial charge in [-0.25, -0.2) is 0 Å². The molecule has 4 heteroatoms. The fraction of sp³-hybridized carbons (Fsp3) is 0.562. The minimum absolute atomic E-state index is 0.0353. The number of aliphatic hydroxyl groups is 1. The molecule has 0 aromatic carbocycles. The molecule has 0 fully saturated rings. The average molecular weight is 293 g/mol. The maximum Gasteiger partial charge on any atom is 0.252 e. The van der Waals surface area contributed by atoms with E-state index in [-0.39, 0.29) is 12.5 Å². The monoisotopic (exact) mass is 293 g/mol. The first kappa shape index (κ1) is 16.7. The van der Waals surface area contributed by atoms with Crippen LogP contribution in [-0.4, -0.2) is 24.2 Å². The first-order valence-corrected chi connectivity index (χ1v) is 8.12. The quantitative estimate of drug-likeness (QED) is 0.571. The Morgan fingerprint density at radius 1 is 1.30 bits per heavy atom. The summed E-state index contributed by atoms with van der Waals surface area (Å²) >= 11 is 1.43. The molecule has 0 saturated heterocycles. The first-order valence-electron chi connectivity index (χ1n) is 7.24. The maximum atomic E-state index is 11.9. The molecule has 0 spiro atoms. The molecule has 0 atom stereocenters. The second-order valence-corrected chi connectivity index (χ2v) is 5.59. The van der Waals surface area contributed by atoms with Crippen LogP contribution in [-0.2, 0) is 0 Å². The van der Waals surface area contributed by atoms with Gasteiger partial charge in [-0.3, -0.25) is 4.79 Å². The molecule has 0 saturated carbocycles. The van der Waals surface area contributed by atoms with Crippen LogP contribution in [0.5, 0.6) is 0 Å². The predicted octanol–water partition coefficient (Wildman–Crippen LogP) is 3.18. The summed E-state index contributed by atoms with van der Waals surface area (Å²) in [5.74, 6) is 5.35. The van der Waals surface area contributed by atoms with E-state index in [2.05, 4.69) is 24.1 Å². The van der Waals surface area contributed by atoms with Crippen molar-refractivity contribution < 1.29 is 9.90 Å². The summed E-state index contributed by atoms with van der Waals surface area (Å²) in [4.78, 5) is 12.7. The average Bonchev–Trinajstić information content (AvgIpc) is 2.93. The van der Waals surface area contributed by atoms with Gasteiger partial charge in [-0.05, 0) is 12.5 Å². The normalized spacial score (nSPS) is 9.90. The molecule has 2 N–H and O–H groups in total. The molecular weight excluding hydrogens is 270 g/mol. The third-order valence-corrected chi connectivity index (χ3v) is 3.81. The van der Waals surface area contributed by atoms with Crippen LogP contribution in [0.1, 0.15) is 60.7 Å². The lowest BCUT2D eigenvalue weighted by Gasteiger charge is -2.03. The van der Waals surface area contributed by atoms with Crippen LogP contribution in [0.15, 0.2) is 11.4 Å². The molecule has 0 aliphatic carbocycles. The highest BCUT2D eigenvalue weighted by molar-refractivity contribution is 7.10. The van der Waals surface area contributed by atoms with Gasteiger partial charge in [-0.1, -0.05) is 50.9 Å². The zero-order chi connectivity index (χ0) is 14.6. The van der Waals surface area contributed by atoms with Crippen molar-refractivity contribution in [2.45, 2.75) is 45.4 Å². The van der Waals surface area contributed by atoms with Gasteiger partial charge in [0.1, 0.15) is 6.61 Å². The van der Waals surface area contributed by atoms with Crippen molar-refractivity contribution in [1.29, 1.82) is 0 Å². The SMILES string of the molecule is CCCCCCCCNC(=O)c1csc(C#CCO)c1. The van der Waals surface area contributed by atoms with Gasteiger partial charge in [0.15, 0.2) is 0 Å². The standard InChI is InChI=1S/C16H23NO2S/c1-2-3-4-5-6-7-10-17-16(19)14-12-15(20-13-14)9-8-11-18/h12-13,18H,2-7,10-11H2,1H3,(H,17,19). The second-order valence-electron chi connectivity index (χ2n) is 4.68. The molecule has 1 aromatic rings. The van der Waals surface area contributed by atoms with Crippen molar-refractivity contribution in [3.8, 4) is 11.8 Å². The van der Waals surface area contributed by atoms with E-state index >= 15 is 0 Å². The van der Waals surface area contributed by atoms with Crippen LogP contribution in [0, 0.1) is 11.8 Å². The molecule has 0 unspecified atom stereocenters. The van der Waals surface area contributed by atoms with Gasteiger partial charge < -0.3 is 10.4 Å². The van der Waals surface area contributed by atoms with Crippen molar-refractivity contribution in [3.05, 3.63) is 21.9 Å². The number of nitrogens with one attached hydrogen (secondary N) is 1. The Morgan fingerprint density at radius 2 is 2.05 bits per heavy atom. The third-order valence-electron chi connectivity index (χ3n) is 2.97. The summed E-state index contributed by atoms with van der Waals surface area (Å²) in [5, 5.41) is 13.3. The van der Waals surface area contributed by atoms with Crippen LogP contribution in [0.4, 0.5) is 0 Å². The van der Waals surface area contributed by atoms with Crippen LogP contribution < -0.4 is 5.32 Å². The van der Waals surface area contributed by atoms with Crippen molar-refractivity contribution >= 4 is 17.2 Å². The zero-order valence-corrected chi connectivity index (χ0v) is 12.9. The molecule has 0 bridgehead atoms. The van der Waals surface area contributed by atoms with Gasteiger partial charge in [0.05, 0.1) is 10.4 Å². The number of carbonyl (C=O) groups is 1. The number of amides is 1. The van der Waals surface area contributed by atoms with Gasteiger partial charge in [0, 0.05) is 11.9 Å². The number of hydrogen-bond acceptors (Lipinski definition) is 3. The zero-order valence-electron chi connectivity index (χ0n) is 12.1. The van der Waals surface area contributed by atoms with Crippen molar-refractivity contribution in [3.63, 3.8) is 0 Å². The van der Waals surface area contributed by atoms with Gasteiger partial charge in [-0.2, -0.15) is 0 Å². The highest BCUT2D eigenvalue weighted by Crippen LogP contribution is 2.13. The maximum absolute atomic E-state index is 11.9. The minimum Gasteiger partial charge on any atom is -0.384 e. The summed E-state index contributed by atoms with van der Waals surface area (Å²) in [6, 6.07) is 1.77. The van der Waals surface area contributed by atoms with Crippen molar-refractivity contribution in [2.24, 2.45) is 0 Å². The van der Waals surface area contributed by atoms with E-state index < -0.39 is 0 Å². The number of thiophene rings is 1. The summed E-state index contributed by atoms with van der Waals surface area (Å²) < 4.78 is 0. The largest absolute Gasteiger partial charge is 0.384 e. The first-order chi connectivity index (χ1) is 9.77. The third kappa shape index (κ3) is 6.74. The summed E-state index contributed by atoms with van der Waals surface area (Å²) in [7, 11) is 0. The molecule has 1 rings (SSSR count). The Labute approximate surface area is 125 Å². The molecular formula is C16H23NO2S. The summed E-state index contributed by atoms with van der Waals surface area (Å²) in [6.07, 6.45) is 7.33. The lowest BCUT2D eigenvalue weighted by Crippen LogP contribution is -2.23. The Kier molecular flexibility index (Phi) is 8.77. The van der Waals surface area contributed by atoms with Crippen molar-refractivity contribution in [2.75, 3.05) is 13.2 Å². The number of carbonyl (C=O) groups excluding carboxylic acids is 1. The van der Waals surface area contributed by atoms with Gasteiger partial charge in [0.2, 0.25) is 0 Å². The second kappa shape index (κ2) is 10.5. The fourth-order valence-corrected chi connectivity index (χ4v) is 2.61. The smallest absolute Gasteiger partial charge is 0.252 e. The Balaban J connectivity index is 2.20. The van der Waals surface area contributed by atoms with E-state index in [1.54, 1.807) is 11.4 Å².